The number of ketones is 1. The van der Waals surface area contributed by atoms with Gasteiger partial charge < -0.3 is 15.9 Å². The van der Waals surface area contributed by atoms with E-state index in [9.17, 15) is 14.3 Å². The molecule has 0 spiro atoms. The second kappa shape index (κ2) is 3.93. The van der Waals surface area contributed by atoms with Crippen LogP contribution in [-0.4, -0.2) is 22.5 Å². The number of rotatable bonds is 2. The lowest BCUT2D eigenvalue weighted by Gasteiger charge is -2.06. The highest BCUT2D eigenvalue weighted by atomic mass is 79.9. The van der Waals surface area contributed by atoms with Crippen molar-refractivity contribution in [1.82, 2.24) is 0 Å². The molecule has 4 nitrogen and oxygen atoms in total. The molecule has 0 aliphatic heterocycles. The first-order valence-electron chi connectivity index (χ1n) is 3.62. The maximum Gasteiger partial charge on any atom is 0.180 e. The highest BCUT2D eigenvalue weighted by molar-refractivity contribution is 9.10. The number of phenolic OH excluding ortho intramolecular Hbond substituents is 2. The highest BCUT2D eigenvalue weighted by Gasteiger charge is 2.18. The lowest BCUT2D eigenvalue weighted by Crippen LogP contribution is -2.14. The van der Waals surface area contributed by atoms with Gasteiger partial charge in [0.1, 0.15) is 10.2 Å². The highest BCUT2D eigenvalue weighted by Crippen LogP contribution is 2.37. The summed E-state index contributed by atoms with van der Waals surface area (Å²) in [5.74, 6) is -2.86. The van der Waals surface area contributed by atoms with Crippen molar-refractivity contribution in [2.45, 2.75) is 0 Å². The van der Waals surface area contributed by atoms with E-state index < -0.39 is 23.1 Å². The van der Waals surface area contributed by atoms with Gasteiger partial charge >= 0.3 is 0 Å². The predicted molar refractivity (Wildman–Crippen MR) is 50.8 cm³/mol. The molecule has 0 saturated carbocycles. The Bertz CT molecular complexity index is 395. The molecule has 1 aromatic carbocycles. The van der Waals surface area contributed by atoms with Gasteiger partial charge in [0.15, 0.2) is 17.3 Å². The standard InChI is InChI=1S/C8H7BrFNO3/c9-6-7(13)3(5(12)2-11)1-4(10)8(6)14/h1,13-14H,2,11H2. The van der Waals surface area contributed by atoms with Gasteiger partial charge in [-0.1, -0.05) is 0 Å². The zero-order chi connectivity index (χ0) is 10.9. The normalized spacial score (nSPS) is 10.2. The van der Waals surface area contributed by atoms with Crippen molar-refractivity contribution >= 4 is 21.7 Å². The van der Waals surface area contributed by atoms with Crippen molar-refractivity contribution in [2.75, 3.05) is 6.54 Å². The van der Waals surface area contributed by atoms with E-state index in [0.29, 0.717) is 0 Å². The van der Waals surface area contributed by atoms with Gasteiger partial charge in [0.2, 0.25) is 0 Å². The molecule has 0 aromatic heterocycles. The smallest absolute Gasteiger partial charge is 0.180 e. The molecule has 0 heterocycles. The first-order chi connectivity index (χ1) is 6.49. The quantitative estimate of drug-likeness (QED) is 0.699. The van der Waals surface area contributed by atoms with Gasteiger partial charge in [-0.25, -0.2) is 4.39 Å². The van der Waals surface area contributed by atoms with Crippen molar-refractivity contribution in [3.05, 3.63) is 21.9 Å². The van der Waals surface area contributed by atoms with E-state index in [2.05, 4.69) is 15.9 Å². The Morgan fingerprint density at radius 2 is 2.07 bits per heavy atom. The second-order valence-electron chi connectivity index (χ2n) is 2.54. The monoisotopic (exact) mass is 263 g/mol. The van der Waals surface area contributed by atoms with E-state index in [1.54, 1.807) is 0 Å². The fourth-order valence-corrected chi connectivity index (χ4v) is 1.32. The Balaban J connectivity index is 3.40. The molecule has 0 atom stereocenters. The van der Waals surface area contributed by atoms with Crippen LogP contribution in [0, 0.1) is 5.82 Å². The van der Waals surface area contributed by atoms with Crippen LogP contribution in [0.2, 0.25) is 0 Å². The van der Waals surface area contributed by atoms with Crippen molar-refractivity contribution in [3.63, 3.8) is 0 Å². The third kappa shape index (κ3) is 1.71. The van der Waals surface area contributed by atoms with Crippen LogP contribution in [-0.2, 0) is 0 Å². The van der Waals surface area contributed by atoms with Gasteiger partial charge in [-0.3, -0.25) is 4.79 Å². The first-order valence-corrected chi connectivity index (χ1v) is 4.41. The second-order valence-corrected chi connectivity index (χ2v) is 3.34. The Morgan fingerprint density at radius 1 is 1.50 bits per heavy atom. The topological polar surface area (TPSA) is 83.6 Å². The van der Waals surface area contributed by atoms with Crippen LogP contribution in [0.5, 0.6) is 11.5 Å². The molecule has 1 rings (SSSR count). The first kappa shape index (κ1) is 10.9. The van der Waals surface area contributed by atoms with Crippen molar-refractivity contribution in [1.29, 1.82) is 0 Å². The number of hydrogen-bond donors (Lipinski definition) is 3. The van der Waals surface area contributed by atoms with Crippen molar-refractivity contribution in [3.8, 4) is 11.5 Å². The molecule has 1 aromatic rings. The molecular formula is C8H7BrFNO3. The van der Waals surface area contributed by atoms with Gasteiger partial charge in [-0.05, 0) is 22.0 Å². The molecule has 0 saturated heterocycles. The van der Waals surface area contributed by atoms with Crippen LogP contribution < -0.4 is 5.73 Å². The van der Waals surface area contributed by atoms with E-state index in [4.69, 9.17) is 10.8 Å². The molecule has 0 aliphatic carbocycles. The summed E-state index contributed by atoms with van der Waals surface area (Å²) in [6, 6.07) is 0.741. The Morgan fingerprint density at radius 3 is 2.57 bits per heavy atom. The maximum absolute atomic E-state index is 12.9. The minimum Gasteiger partial charge on any atom is -0.506 e. The SMILES string of the molecule is NCC(=O)c1cc(F)c(O)c(Br)c1O. The average Bonchev–Trinajstić information content (AvgIpc) is 2.19. The summed E-state index contributed by atoms with van der Waals surface area (Å²) in [7, 11) is 0. The molecule has 76 valence electrons. The van der Waals surface area contributed by atoms with Crippen LogP contribution in [0.4, 0.5) is 4.39 Å². The third-order valence-corrected chi connectivity index (χ3v) is 2.41. The minimum absolute atomic E-state index is 0.255. The van der Waals surface area contributed by atoms with Crippen LogP contribution in [0.15, 0.2) is 10.5 Å². The van der Waals surface area contributed by atoms with Crippen molar-refractivity contribution in [2.24, 2.45) is 5.73 Å². The molecule has 0 fully saturated rings. The Kier molecular flexibility index (Phi) is 3.07. The molecule has 0 amide bonds. The fraction of sp³-hybridized carbons (Fsp3) is 0.125. The number of hydrogen-bond acceptors (Lipinski definition) is 4. The number of aromatic hydroxyl groups is 2. The number of halogens is 2. The lowest BCUT2D eigenvalue weighted by atomic mass is 10.1. The Hall–Kier alpha value is -1.14. The summed E-state index contributed by atoms with van der Waals surface area (Å²) in [5, 5.41) is 18.4. The van der Waals surface area contributed by atoms with Gasteiger partial charge in [-0.2, -0.15) is 0 Å². The van der Waals surface area contributed by atoms with Crippen LogP contribution >= 0.6 is 15.9 Å². The van der Waals surface area contributed by atoms with Gasteiger partial charge in [-0.15, -0.1) is 0 Å². The van der Waals surface area contributed by atoms with E-state index in [1.807, 2.05) is 0 Å². The molecule has 0 radical (unpaired) electrons. The molecule has 14 heavy (non-hydrogen) atoms. The van der Waals surface area contributed by atoms with E-state index >= 15 is 0 Å². The summed E-state index contributed by atoms with van der Waals surface area (Å²) < 4.78 is 12.7. The summed E-state index contributed by atoms with van der Waals surface area (Å²) >= 11 is 2.75. The molecule has 6 heteroatoms. The summed E-state index contributed by atoms with van der Waals surface area (Å²) in [6.45, 7) is -0.343. The van der Waals surface area contributed by atoms with Crippen molar-refractivity contribution < 1.29 is 19.4 Å². The van der Waals surface area contributed by atoms with E-state index in [1.165, 1.54) is 0 Å². The summed E-state index contributed by atoms with van der Waals surface area (Å²) in [4.78, 5) is 11.1. The minimum atomic E-state index is -0.994. The Labute approximate surface area is 87.3 Å². The fourth-order valence-electron chi connectivity index (χ4n) is 0.921. The van der Waals surface area contributed by atoms with Gasteiger partial charge in [0.05, 0.1) is 12.1 Å². The number of Topliss-reactive ketones (excluding diaryl/α,β-unsaturated/α-hetero) is 1. The summed E-state index contributed by atoms with van der Waals surface area (Å²) in [6.07, 6.45) is 0. The number of carbonyl (C=O) groups is 1. The maximum atomic E-state index is 12.9. The van der Waals surface area contributed by atoms with Crippen LogP contribution in [0.25, 0.3) is 0 Å². The molecular weight excluding hydrogens is 257 g/mol. The lowest BCUT2D eigenvalue weighted by molar-refractivity contribution is 0.0998. The summed E-state index contributed by atoms with van der Waals surface area (Å²) in [5.41, 5.74) is 4.80. The number of phenols is 2. The molecule has 0 bridgehead atoms. The largest absolute Gasteiger partial charge is 0.506 e. The predicted octanol–water partition coefficient (Wildman–Crippen LogP) is 1.14. The zero-order valence-corrected chi connectivity index (χ0v) is 8.51. The van der Waals surface area contributed by atoms with Gasteiger partial charge in [0.25, 0.3) is 0 Å². The van der Waals surface area contributed by atoms with Gasteiger partial charge in [0, 0.05) is 0 Å². The number of carbonyl (C=O) groups excluding carboxylic acids is 1. The van der Waals surface area contributed by atoms with Crippen LogP contribution in [0.3, 0.4) is 0 Å². The average molecular weight is 264 g/mol. The molecule has 0 aliphatic rings. The number of nitrogens with two attached hydrogens (primary N) is 1. The van der Waals surface area contributed by atoms with E-state index in [0.717, 1.165) is 6.07 Å². The van der Waals surface area contributed by atoms with Crippen LogP contribution in [0.1, 0.15) is 10.4 Å². The number of benzene rings is 1. The molecule has 4 N–H and O–H groups in total. The van der Waals surface area contributed by atoms with E-state index in [-0.39, 0.29) is 16.6 Å². The third-order valence-electron chi connectivity index (χ3n) is 1.65. The molecule has 0 unspecified atom stereocenters. The zero-order valence-electron chi connectivity index (χ0n) is 6.92.